The molecule has 0 amide bonds. The quantitative estimate of drug-likeness (QED) is 0.111. The molecule has 2 saturated carbocycles. The van der Waals surface area contributed by atoms with Crippen molar-refractivity contribution >= 4 is 11.8 Å². The van der Waals surface area contributed by atoms with E-state index in [0.29, 0.717) is 0 Å². The Hall–Kier alpha value is -1.72. The van der Waals surface area contributed by atoms with Gasteiger partial charge >= 0.3 is 5.97 Å². The maximum atomic E-state index is 13.8. The number of aliphatic hydroxyl groups excluding tert-OH is 9. The van der Waals surface area contributed by atoms with E-state index in [1.807, 2.05) is 0 Å². The van der Waals surface area contributed by atoms with Crippen molar-refractivity contribution in [3.63, 3.8) is 0 Å². The minimum atomic E-state index is -2.31. The van der Waals surface area contributed by atoms with Gasteiger partial charge in [0, 0.05) is 22.7 Å². The van der Waals surface area contributed by atoms with E-state index in [4.69, 9.17) is 28.4 Å². The van der Waals surface area contributed by atoms with E-state index in [1.165, 1.54) is 0 Å². The number of hydrogen-bond acceptors (Lipinski definition) is 18. The van der Waals surface area contributed by atoms with Gasteiger partial charge in [-0.05, 0) is 29.9 Å². The molecule has 276 valence electrons. The second-order valence-electron chi connectivity index (χ2n) is 14.8. The summed E-state index contributed by atoms with van der Waals surface area (Å²) < 4.78 is 34.5. The van der Waals surface area contributed by atoms with Crippen molar-refractivity contribution in [2.75, 3.05) is 26.4 Å². The summed E-state index contributed by atoms with van der Waals surface area (Å²) in [4.78, 5) is 26.9. The molecule has 0 radical (unpaired) electrons. The molecule has 18 heteroatoms. The molecule has 4 heterocycles. The molecule has 7 rings (SSSR count). The van der Waals surface area contributed by atoms with Crippen molar-refractivity contribution in [2.45, 2.75) is 106 Å². The van der Waals surface area contributed by atoms with Crippen LogP contribution in [0.1, 0.15) is 20.3 Å². The van der Waals surface area contributed by atoms with Crippen LogP contribution in [0.5, 0.6) is 0 Å². The van der Waals surface area contributed by atoms with Crippen molar-refractivity contribution in [1.29, 1.82) is 0 Å². The fraction of sp³-hybridized carbons (Fsp3) is 0.871. The van der Waals surface area contributed by atoms with E-state index in [9.17, 15) is 60.7 Å². The summed E-state index contributed by atoms with van der Waals surface area (Å²) in [7, 11) is 0. The van der Waals surface area contributed by atoms with Crippen LogP contribution < -0.4 is 0 Å². The van der Waals surface area contributed by atoms with Gasteiger partial charge in [0.05, 0.1) is 26.4 Å². The minimum Gasteiger partial charge on any atom is -0.460 e. The molecule has 3 aliphatic carbocycles. The van der Waals surface area contributed by atoms with Crippen molar-refractivity contribution in [1.82, 2.24) is 0 Å². The van der Waals surface area contributed by atoms with E-state index in [0.717, 1.165) is 6.08 Å². The highest BCUT2D eigenvalue weighted by molar-refractivity contribution is 5.96. The third-order valence-corrected chi connectivity index (χ3v) is 12.5. The first-order valence-corrected chi connectivity index (χ1v) is 16.4. The minimum absolute atomic E-state index is 0.0365. The molecule has 0 aromatic heterocycles. The monoisotopic (exact) mass is 704 g/mol. The molecule has 20 atom stereocenters. The Balaban J connectivity index is 1.20. The summed E-state index contributed by atoms with van der Waals surface area (Å²) in [6.07, 6.45) is -19.3. The zero-order valence-electron chi connectivity index (χ0n) is 26.7. The molecule has 49 heavy (non-hydrogen) atoms. The van der Waals surface area contributed by atoms with Crippen LogP contribution in [0.2, 0.25) is 0 Å². The van der Waals surface area contributed by atoms with Gasteiger partial charge in [-0.3, -0.25) is 4.79 Å². The SMILES string of the molecule is C[C@@H]1[C@@H]2[C@@H](O[C@@H]3O[C@H](CO[C@@H]4O[C@H](CO)[C@H](O)[C@H]4O)[C@@H](O)[C@H](O)[C@H]3O)C(=O)O[C@@H]3C[C@H]4C(CO)=CC(=O)[C@@H](O)[C@]4(C)[C@H]4[C@@](O)(OC[C@]243)[C@@H]1O. The molecule has 10 N–H and O–H groups in total. The van der Waals surface area contributed by atoms with Gasteiger partial charge < -0.3 is 79.5 Å². The number of rotatable bonds is 7. The van der Waals surface area contributed by atoms with Crippen LogP contribution >= 0.6 is 0 Å². The molecular weight excluding hydrogens is 660 g/mol. The maximum absolute atomic E-state index is 13.8. The molecule has 4 aliphatic heterocycles. The van der Waals surface area contributed by atoms with Crippen molar-refractivity contribution in [2.24, 2.45) is 34.5 Å². The summed E-state index contributed by atoms with van der Waals surface area (Å²) >= 11 is 0. The predicted octanol–water partition coefficient (Wildman–Crippen LogP) is -5.60. The van der Waals surface area contributed by atoms with Crippen molar-refractivity contribution in [3.05, 3.63) is 11.6 Å². The van der Waals surface area contributed by atoms with Crippen LogP contribution in [0.15, 0.2) is 11.6 Å². The first-order valence-electron chi connectivity index (χ1n) is 16.4. The highest BCUT2D eigenvalue weighted by Gasteiger charge is 2.83. The average molecular weight is 705 g/mol. The lowest BCUT2D eigenvalue weighted by molar-refractivity contribution is -0.360. The zero-order chi connectivity index (χ0) is 35.5. The first kappa shape index (κ1) is 35.7. The number of carbonyl (C=O) groups is 2. The molecule has 0 aromatic rings. The average Bonchev–Trinajstić information content (AvgIpc) is 3.52. The molecule has 2 bridgehead atoms. The van der Waals surface area contributed by atoms with Crippen LogP contribution in [0.25, 0.3) is 0 Å². The Morgan fingerprint density at radius 3 is 2.22 bits per heavy atom. The van der Waals surface area contributed by atoms with Gasteiger partial charge in [-0.2, -0.15) is 0 Å². The van der Waals surface area contributed by atoms with Gasteiger partial charge in [-0.15, -0.1) is 0 Å². The zero-order valence-corrected chi connectivity index (χ0v) is 26.7. The molecule has 4 saturated heterocycles. The van der Waals surface area contributed by atoms with Crippen LogP contribution in [0, 0.1) is 34.5 Å². The number of esters is 1. The van der Waals surface area contributed by atoms with Crippen LogP contribution in [0.3, 0.4) is 0 Å². The van der Waals surface area contributed by atoms with Gasteiger partial charge in [-0.25, -0.2) is 4.79 Å². The lowest BCUT2D eigenvalue weighted by Crippen LogP contribution is -2.78. The largest absolute Gasteiger partial charge is 0.460 e. The molecule has 0 unspecified atom stereocenters. The molecule has 7 aliphatic rings. The Labute approximate surface area is 279 Å². The summed E-state index contributed by atoms with van der Waals surface area (Å²) in [5.41, 5.74) is -2.61. The van der Waals surface area contributed by atoms with E-state index < -0.39 is 152 Å². The number of ketones is 1. The van der Waals surface area contributed by atoms with E-state index in [2.05, 4.69) is 0 Å². The number of hydrogen-bond donors (Lipinski definition) is 10. The highest BCUT2D eigenvalue weighted by atomic mass is 16.7. The van der Waals surface area contributed by atoms with Crippen LogP contribution in [-0.2, 0) is 38.0 Å². The normalized spacial score (nSPS) is 56.6. The Bertz CT molecular complexity index is 1360. The van der Waals surface area contributed by atoms with Gasteiger partial charge in [-0.1, -0.05) is 13.8 Å². The molecular formula is C31H44O18. The molecule has 1 spiro atoms. The van der Waals surface area contributed by atoms with E-state index >= 15 is 0 Å². The Kier molecular flexibility index (Phi) is 8.86. The number of aliphatic hydroxyl groups is 10. The summed E-state index contributed by atoms with van der Waals surface area (Å²) in [6, 6.07) is 0. The van der Waals surface area contributed by atoms with Gasteiger partial charge in [0.15, 0.2) is 30.3 Å². The Morgan fingerprint density at radius 1 is 0.918 bits per heavy atom. The van der Waals surface area contributed by atoms with Crippen molar-refractivity contribution in [3.8, 4) is 0 Å². The summed E-state index contributed by atoms with van der Waals surface area (Å²) in [5, 5.41) is 107. The predicted molar refractivity (Wildman–Crippen MR) is 153 cm³/mol. The third-order valence-electron chi connectivity index (χ3n) is 12.5. The van der Waals surface area contributed by atoms with E-state index in [1.54, 1.807) is 13.8 Å². The fourth-order valence-electron chi connectivity index (χ4n) is 10.2. The number of carbonyl (C=O) groups excluding carboxylic acids is 2. The lowest BCUT2D eigenvalue weighted by atomic mass is 9.38. The van der Waals surface area contributed by atoms with Gasteiger partial charge in [0.1, 0.15) is 61.0 Å². The highest BCUT2D eigenvalue weighted by Crippen LogP contribution is 2.73. The summed E-state index contributed by atoms with van der Waals surface area (Å²) in [5.74, 6) is -7.94. The fourth-order valence-corrected chi connectivity index (χ4v) is 10.2. The number of fused-ring (bicyclic) bond motifs is 1. The van der Waals surface area contributed by atoms with Gasteiger partial charge in [0.25, 0.3) is 0 Å². The topological polar surface area (TPSA) is 292 Å². The van der Waals surface area contributed by atoms with E-state index in [-0.39, 0.29) is 18.6 Å². The second-order valence-corrected chi connectivity index (χ2v) is 14.8. The summed E-state index contributed by atoms with van der Waals surface area (Å²) in [6.45, 7) is 1.11. The number of ether oxygens (including phenoxy) is 6. The van der Waals surface area contributed by atoms with Crippen LogP contribution in [-0.4, -0.2) is 175 Å². The van der Waals surface area contributed by atoms with Crippen molar-refractivity contribution < 1.29 is 89.1 Å². The molecule has 6 fully saturated rings. The first-order chi connectivity index (χ1) is 23.1. The maximum Gasteiger partial charge on any atom is 0.336 e. The standard InChI is InChI=1S/C31H44O18/c1-9-16-22(49-27-21(39)19(37)18(36)14(47-27)7-44-26-20(38)17(35)13(6-33)46-26)25(42)48-15-4-11-10(5-32)3-12(34)24(41)29(11,2)28-30(15,16)8-45-31(28,43)23(9)40/h3,9,11,13-24,26-28,32-33,35-41,43H,4-8H2,1-2H3/t9-,11+,13-,14-,15-,16-,17+,18-,19+,20-,21-,22-,23-,24-,26-,27+,28-,29-,30+,31+/m1/s1. The lowest BCUT2D eigenvalue weighted by Gasteiger charge is -2.68. The second kappa shape index (κ2) is 12.2. The van der Waals surface area contributed by atoms with Crippen LogP contribution in [0.4, 0.5) is 0 Å². The third kappa shape index (κ3) is 4.75. The Morgan fingerprint density at radius 2 is 1.57 bits per heavy atom. The molecule has 18 nitrogen and oxygen atoms in total. The smallest absolute Gasteiger partial charge is 0.336 e. The molecule has 0 aromatic carbocycles. The van der Waals surface area contributed by atoms with Gasteiger partial charge in [0.2, 0.25) is 0 Å².